The first kappa shape index (κ1) is 27.3. The fourth-order valence-corrected chi connectivity index (χ4v) is 4.36. The summed E-state index contributed by atoms with van der Waals surface area (Å²) in [6, 6.07) is 11.0. The molecule has 0 saturated heterocycles. The Hall–Kier alpha value is -1.77. The molecular formula is C22H27NO6SZn. The Morgan fingerprint density at radius 1 is 0.935 bits per heavy atom. The second-order valence-corrected chi connectivity index (χ2v) is 8.18. The van der Waals surface area contributed by atoms with E-state index in [9.17, 15) is 8.42 Å². The molecule has 0 fully saturated rings. The van der Waals surface area contributed by atoms with Crippen molar-refractivity contribution in [3.63, 3.8) is 0 Å². The van der Waals surface area contributed by atoms with Gasteiger partial charge in [0.1, 0.15) is 21.5 Å². The van der Waals surface area contributed by atoms with Crippen LogP contribution in [0.5, 0.6) is 11.5 Å². The minimum atomic E-state index is -3.86. The predicted octanol–water partition coefficient (Wildman–Crippen LogP) is 4.57. The van der Waals surface area contributed by atoms with E-state index in [1.54, 1.807) is 30.3 Å². The summed E-state index contributed by atoms with van der Waals surface area (Å²) in [6.07, 6.45) is 3.81. The third-order valence-electron chi connectivity index (χ3n) is 4.53. The Labute approximate surface area is 197 Å². The van der Waals surface area contributed by atoms with E-state index in [1.807, 2.05) is 19.1 Å². The molecule has 0 aromatic heterocycles. The van der Waals surface area contributed by atoms with Crippen LogP contribution in [0.4, 0.5) is 0 Å². The van der Waals surface area contributed by atoms with Gasteiger partial charge in [-0.25, -0.2) is 8.42 Å². The molecule has 0 aliphatic heterocycles. The van der Waals surface area contributed by atoms with Crippen LogP contribution in [0.15, 0.2) is 53.4 Å². The van der Waals surface area contributed by atoms with Crippen molar-refractivity contribution in [3.05, 3.63) is 71.8 Å². The first-order valence-electron chi connectivity index (χ1n) is 9.08. The van der Waals surface area contributed by atoms with Crippen molar-refractivity contribution >= 4 is 16.1 Å². The monoisotopic (exact) mass is 497 g/mol. The SMILES string of the molecule is COCOc1ccc(OCOC)c2c1C=C[C@H](C)[C@@H]2[N-]S(=O)(=O)c1ccccc1.[CH3-].[Zn+2]. The minimum absolute atomic E-state index is 0. The Bertz CT molecular complexity index is 965. The van der Waals surface area contributed by atoms with Crippen LogP contribution in [0, 0.1) is 13.3 Å². The summed E-state index contributed by atoms with van der Waals surface area (Å²) in [5, 5.41) is 0. The molecule has 9 heteroatoms. The van der Waals surface area contributed by atoms with Crippen molar-refractivity contribution in [1.82, 2.24) is 0 Å². The van der Waals surface area contributed by atoms with Crippen molar-refractivity contribution in [1.29, 1.82) is 0 Å². The number of sulfonamides is 1. The van der Waals surface area contributed by atoms with E-state index in [2.05, 4.69) is 4.72 Å². The maximum Gasteiger partial charge on any atom is 2.00 e. The van der Waals surface area contributed by atoms with Gasteiger partial charge in [0.25, 0.3) is 0 Å². The van der Waals surface area contributed by atoms with Gasteiger partial charge >= 0.3 is 19.5 Å². The van der Waals surface area contributed by atoms with Crippen molar-refractivity contribution in [3.8, 4) is 11.5 Å². The number of benzene rings is 2. The maximum atomic E-state index is 12.9. The quantitative estimate of drug-likeness (QED) is 0.286. The van der Waals surface area contributed by atoms with E-state index in [-0.39, 0.29) is 51.3 Å². The summed E-state index contributed by atoms with van der Waals surface area (Å²) in [5.41, 5.74) is 1.36. The molecule has 0 amide bonds. The standard InChI is InChI=1S/C21H24NO6S.CH3.Zn/c1-15-9-10-17-18(27-13-25-2)11-12-19(28-14-26-3)20(17)21(15)22-29(23,24)16-7-5-4-6-8-16;;/h4-12,15,21H,13-14H2,1-3H3;1H3;/q2*-1;+2/t15-,21-;;/m0../s1. The maximum absolute atomic E-state index is 12.9. The molecule has 1 aliphatic carbocycles. The largest absolute Gasteiger partial charge is 2.00 e. The summed E-state index contributed by atoms with van der Waals surface area (Å²) in [4.78, 5) is 0.148. The van der Waals surface area contributed by atoms with Crippen LogP contribution in [0.3, 0.4) is 0 Å². The number of hydrogen-bond acceptors (Lipinski definition) is 6. The molecule has 0 N–H and O–H groups in total. The van der Waals surface area contributed by atoms with E-state index < -0.39 is 16.1 Å². The number of methoxy groups -OCH3 is 2. The third kappa shape index (κ3) is 6.37. The number of rotatable bonds is 9. The van der Waals surface area contributed by atoms with Crippen molar-refractivity contribution < 1.29 is 46.8 Å². The molecule has 2 aromatic rings. The number of nitrogens with zero attached hydrogens (tertiary/aromatic N) is 1. The molecule has 0 spiro atoms. The molecule has 0 heterocycles. The fraction of sp³-hybridized carbons (Fsp3) is 0.318. The second kappa shape index (κ2) is 12.3. The summed E-state index contributed by atoms with van der Waals surface area (Å²) in [5.74, 6) is 0.899. The zero-order valence-corrected chi connectivity index (χ0v) is 22.1. The van der Waals surface area contributed by atoms with Gasteiger partial charge in [-0.05, 0) is 35.7 Å². The zero-order chi connectivity index (χ0) is 20.9. The van der Waals surface area contributed by atoms with Crippen LogP contribution >= 0.6 is 0 Å². The molecule has 2 atom stereocenters. The zero-order valence-electron chi connectivity index (χ0n) is 18.3. The van der Waals surface area contributed by atoms with Crippen LogP contribution in [0.1, 0.15) is 24.1 Å². The van der Waals surface area contributed by atoms with Crippen LogP contribution in [0.2, 0.25) is 0 Å². The average Bonchev–Trinajstić information content (AvgIpc) is 2.73. The van der Waals surface area contributed by atoms with Gasteiger partial charge in [0.2, 0.25) is 0 Å². The van der Waals surface area contributed by atoms with Gasteiger partial charge in [-0.2, -0.15) is 0 Å². The molecular weight excluding hydrogens is 472 g/mol. The van der Waals surface area contributed by atoms with E-state index in [1.165, 1.54) is 26.4 Å². The fourth-order valence-electron chi connectivity index (χ4n) is 3.14. The topological polar surface area (TPSA) is 85.2 Å². The molecule has 0 bridgehead atoms. The first-order chi connectivity index (χ1) is 14.0. The molecule has 164 valence electrons. The van der Waals surface area contributed by atoms with Gasteiger partial charge < -0.3 is 31.1 Å². The molecule has 1 aliphatic rings. The first-order valence-corrected chi connectivity index (χ1v) is 10.5. The van der Waals surface area contributed by atoms with E-state index >= 15 is 0 Å². The molecule has 2 aromatic carbocycles. The minimum Gasteiger partial charge on any atom is -0.538 e. The Balaban J connectivity index is 0.00000240. The van der Waals surface area contributed by atoms with Gasteiger partial charge in [0.05, 0.1) is 0 Å². The van der Waals surface area contributed by atoms with Gasteiger partial charge in [-0.15, -0.1) is 0 Å². The van der Waals surface area contributed by atoms with E-state index in [0.717, 1.165) is 0 Å². The van der Waals surface area contributed by atoms with Crippen LogP contribution < -0.4 is 9.47 Å². The Morgan fingerprint density at radius 3 is 2.13 bits per heavy atom. The Kier molecular flexibility index (Phi) is 10.8. The second-order valence-electron chi connectivity index (χ2n) is 6.55. The molecule has 0 radical (unpaired) electrons. The normalized spacial score (nSPS) is 17.1. The number of hydrogen-bond donors (Lipinski definition) is 0. The van der Waals surface area contributed by atoms with Gasteiger partial charge in [0, 0.05) is 24.7 Å². The summed E-state index contributed by atoms with van der Waals surface area (Å²) in [7, 11) is -0.810. The average molecular weight is 499 g/mol. The van der Waals surface area contributed by atoms with Crippen LogP contribution in [-0.4, -0.2) is 36.2 Å². The Morgan fingerprint density at radius 2 is 1.52 bits per heavy atom. The molecule has 31 heavy (non-hydrogen) atoms. The van der Waals surface area contributed by atoms with Crippen molar-refractivity contribution in [2.45, 2.75) is 17.9 Å². The van der Waals surface area contributed by atoms with Crippen molar-refractivity contribution in [2.75, 3.05) is 27.8 Å². The molecule has 0 saturated carbocycles. The predicted molar refractivity (Wildman–Crippen MR) is 116 cm³/mol. The summed E-state index contributed by atoms with van der Waals surface area (Å²) in [6.45, 7) is 2.01. The van der Waals surface area contributed by atoms with Gasteiger partial charge in [-0.3, -0.25) is 0 Å². The van der Waals surface area contributed by atoms with Crippen molar-refractivity contribution in [2.24, 2.45) is 5.92 Å². The third-order valence-corrected chi connectivity index (χ3v) is 5.90. The van der Waals surface area contributed by atoms with E-state index in [0.29, 0.717) is 22.6 Å². The smallest absolute Gasteiger partial charge is 0.538 e. The van der Waals surface area contributed by atoms with Crippen LogP contribution in [0.25, 0.3) is 10.8 Å². The molecule has 3 rings (SSSR count). The summed E-state index contributed by atoms with van der Waals surface area (Å²) >= 11 is 0. The number of fused-ring (bicyclic) bond motifs is 1. The molecule has 7 nitrogen and oxygen atoms in total. The van der Waals surface area contributed by atoms with Gasteiger partial charge in [0.15, 0.2) is 13.6 Å². The van der Waals surface area contributed by atoms with Gasteiger partial charge in [-0.1, -0.05) is 43.3 Å². The van der Waals surface area contributed by atoms with E-state index in [4.69, 9.17) is 18.9 Å². The number of ether oxygens (including phenoxy) is 4. The summed E-state index contributed by atoms with van der Waals surface area (Å²) < 4.78 is 51.5. The van der Waals surface area contributed by atoms with Crippen LogP contribution in [-0.2, 0) is 39.0 Å². The molecule has 0 unspecified atom stereocenters.